The fourth-order valence-corrected chi connectivity index (χ4v) is 6.47. The molecule has 1 aromatic heterocycles. The van der Waals surface area contributed by atoms with Crippen LogP contribution in [0.5, 0.6) is 5.75 Å². The maximum Gasteiger partial charge on any atom is 0.245 e. The first-order valence-electron chi connectivity index (χ1n) is 11.3. The third kappa shape index (κ3) is 6.46. The number of hydrogen-bond donors (Lipinski definition) is 2. The minimum atomic E-state index is -4.20. The molecule has 0 aliphatic rings. The third-order valence-electron chi connectivity index (χ3n) is 5.52. The van der Waals surface area contributed by atoms with Gasteiger partial charge in [-0.15, -0.1) is 11.3 Å². The summed E-state index contributed by atoms with van der Waals surface area (Å²) in [5.41, 5.74) is 2.57. The molecule has 0 saturated carbocycles. The molecule has 4 rings (SSSR count). The van der Waals surface area contributed by atoms with Crippen molar-refractivity contribution < 1.29 is 17.9 Å². The highest BCUT2D eigenvalue weighted by atomic mass is 35.5. The number of carbonyl (C=O) groups excluding carboxylic acids is 1. The number of rotatable bonds is 10. The van der Waals surface area contributed by atoms with Gasteiger partial charge in [0.05, 0.1) is 30.1 Å². The average Bonchev–Trinajstić information content (AvgIpc) is 3.39. The average molecular weight is 592 g/mol. The summed E-state index contributed by atoms with van der Waals surface area (Å²) in [5.74, 6) is -0.145. The van der Waals surface area contributed by atoms with Crippen molar-refractivity contribution in [2.24, 2.45) is 0 Å². The molecular formula is C26H24Cl2N4O4S2. The van der Waals surface area contributed by atoms with Crippen LogP contribution >= 0.6 is 34.5 Å². The van der Waals surface area contributed by atoms with E-state index >= 15 is 0 Å². The SMILES string of the molecule is CNc1nc(-c2ccc(OC)c(NC(=O)CN(Cc3ccccc3)S(=O)(=O)c3cc(Cl)ccc3Cl)c2)cs1. The van der Waals surface area contributed by atoms with Crippen molar-refractivity contribution in [3.8, 4) is 17.0 Å². The predicted octanol–water partition coefficient (Wildman–Crippen LogP) is 6.00. The molecule has 0 spiro atoms. The van der Waals surface area contributed by atoms with E-state index in [1.54, 1.807) is 43.4 Å². The van der Waals surface area contributed by atoms with Crippen LogP contribution in [0.4, 0.5) is 10.8 Å². The Hall–Kier alpha value is -3.15. The van der Waals surface area contributed by atoms with Crippen LogP contribution in [0, 0.1) is 0 Å². The molecule has 38 heavy (non-hydrogen) atoms. The van der Waals surface area contributed by atoms with E-state index in [2.05, 4.69) is 15.6 Å². The largest absolute Gasteiger partial charge is 0.495 e. The Morgan fingerprint density at radius 1 is 1.08 bits per heavy atom. The lowest BCUT2D eigenvalue weighted by Gasteiger charge is -2.23. The van der Waals surface area contributed by atoms with Gasteiger partial charge in [0.25, 0.3) is 0 Å². The number of anilines is 2. The molecule has 0 aliphatic heterocycles. The van der Waals surface area contributed by atoms with Crippen LogP contribution in [0.25, 0.3) is 11.3 Å². The molecule has 0 fully saturated rings. The van der Waals surface area contributed by atoms with Crippen molar-refractivity contribution in [2.45, 2.75) is 11.4 Å². The van der Waals surface area contributed by atoms with Crippen LogP contribution < -0.4 is 15.4 Å². The molecule has 0 bridgehead atoms. The van der Waals surface area contributed by atoms with E-state index in [9.17, 15) is 13.2 Å². The molecule has 2 N–H and O–H groups in total. The van der Waals surface area contributed by atoms with Gasteiger partial charge in [0, 0.05) is 29.6 Å². The first kappa shape index (κ1) is 27.9. The maximum atomic E-state index is 13.7. The molecule has 3 aromatic carbocycles. The normalized spacial score (nSPS) is 11.4. The zero-order valence-electron chi connectivity index (χ0n) is 20.4. The Kier molecular flexibility index (Phi) is 8.91. The molecule has 0 aliphatic carbocycles. The van der Waals surface area contributed by atoms with E-state index < -0.39 is 22.5 Å². The van der Waals surface area contributed by atoms with Gasteiger partial charge in [0.1, 0.15) is 10.6 Å². The summed E-state index contributed by atoms with van der Waals surface area (Å²) in [6, 6.07) is 18.4. The number of benzene rings is 3. The molecule has 0 unspecified atom stereocenters. The molecular weight excluding hydrogens is 567 g/mol. The fraction of sp³-hybridized carbons (Fsp3) is 0.154. The number of methoxy groups -OCH3 is 1. The van der Waals surface area contributed by atoms with E-state index in [4.69, 9.17) is 27.9 Å². The summed E-state index contributed by atoms with van der Waals surface area (Å²) in [5, 5.41) is 8.64. The van der Waals surface area contributed by atoms with Crippen molar-refractivity contribution in [1.82, 2.24) is 9.29 Å². The monoisotopic (exact) mass is 590 g/mol. The van der Waals surface area contributed by atoms with Crippen LogP contribution in [0.15, 0.2) is 77.0 Å². The number of nitrogens with one attached hydrogen (secondary N) is 2. The second kappa shape index (κ2) is 12.1. The maximum absolute atomic E-state index is 13.7. The Morgan fingerprint density at radius 3 is 2.53 bits per heavy atom. The van der Waals surface area contributed by atoms with Gasteiger partial charge in [0.15, 0.2) is 5.13 Å². The number of aromatic nitrogens is 1. The minimum Gasteiger partial charge on any atom is -0.495 e. The Labute approximate surface area is 235 Å². The Morgan fingerprint density at radius 2 is 1.84 bits per heavy atom. The topological polar surface area (TPSA) is 101 Å². The summed E-state index contributed by atoms with van der Waals surface area (Å²) in [6.07, 6.45) is 0. The van der Waals surface area contributed by atoms with Gasteiger partial charge >= 0.3 is 0 Å². The first-order valence-corrected chi connectivity index (χ1v) is 14.4. The lowest BCUT2D eigenvalue weighted by Crippen LogP contribution is -2.37. The van der Waals surface area contributed by atoms with Crippen LogP contribution in [0.3, 0.4) is 0 Å². The summed E-state index contributed by atoms with van der Waals surface area (Å²) in [4.78, 5) is 17.6. The van der Waals surface area contributed by atoms with Crippen molar-refractivity contribution in [1.29, 1.82) is 0 Å². The van der Waals surface area contributed by atoms with Crippen LogP contribution in [0.2, 0.25) is 10.0 Å². The number of amides is 1. The van der Waals surface area contributed by atoms with Gasteiger partial charge in [-0.3, -0.25) is 4.79 Å². The van der Waals surface area contributed by atoms with Crippen molar-refractivity contribution >= 4 is 61.3 Å². The molecule has 198 valence electrons. The van der Waals surface area contributed by atoms with Crippen molar-refractivity contribution in [3.05, 3.63) is 87.7 Å². The zero-order valence-corrected chi connectivity index (χ0v) is 23.6. The summed E-state index contributed by atoms with van der Waals surface area (Å²) >= 11 is 13.7. The molecule has 0 radical (unpaired) electrons. The standard InChI is InChI=1S/C26H24Cl2N4O4S2/c1-29-26-31-22(16-37-26)18-8-11-23(36-2)21(12-18)30-25(33)15-32(14-17-6-4-3-5-7-17)38(34,35)24-13-19(27)9-10-20(24)28/h3-13,16H,14-15H2,1-2H3,(H,29,31)(H,30,33). The Balaban J connectivity index is 1.64. The molecule has 0 atom stereocenters. The van der Waals surface area contributed by atoms with Gasteiger partial charge in [0.2, 0.25) is 15.9 Å². The lowest BCUT2D eigenvalue weighted by molar-refractivity contribution is -0.116. The number of ether oxygens (including phenoxy) is 1. The van der Waals surface area contributed by atoms with Gasteiger partial charge < -0.3 is 15.4 Å². The highest BCUT2D eigenvalue weighted by Crippen LogP contribution is 2.33. The van der Waals surface area contributed by atoms with Crippen LogP contribution in [-0.2, 0) is 21.4 Å². The number of thiazole rings is 1. The highest BCUT2D eigenvalue weighted by molar-refractivity contribution is 7.89. The predicted molar refractivity (Wildman–Crippen MR) is 153 cm³/mol. The number of carbonyl (C=O) groups is 1. The fourth-order valence-electron chi connectivity index (χ4n) is 3.66. The zero-order chi connectivity index (χ0) is 27.3. The smallest absolute Gasteiger partial charge is 0.245 e. The summed E-state index contributed by atoms with van der Waals surface area (Å²) < 4.78 is 33.8. The quantitative estimate of drug-likeness (QED) is 0.235. The van der Waals surface area contributed by atoms with E-state index in [0.29, 0.717) is 17.0 Å². The number of halogens is 2. The number of nitrogens with zero attached hydrogens (tertiary/aromatic N) is 2. The van der Waals surface area contributed by atoms with Crippen LogP contribution in [0.1, 0.15) is 5.56 Å². The van der Waals surface area contributed by atoms with Crippen molar-refractivity contribution in [2.75, 3.05) is 31.3 Å². The number of sulfonamides is 1. The van der Waals surface area contributed by atoms with Gasteiger partial charge in [-0.1, -0.05) is 53.5 Å². The molecule has 0 saturated heterocycles. The number of hydrogen-bond acceptors (Lipinski definition) is 7. The van der Waals surface area contributed by atoms with Crippen molar-refractivity contribution in [3.63, 3.8) is 0 Å². The second-order valence-electron chi connectivity index (χ2n) is 8.08. The molecule has 12 heteroatoms. The van der Waals surface area contributed by atoms with E-state index in [1.165, 1.54) is 36.6 Å². The molecule has 1 heterocycles. The second-order valence-corrected chi connectivity index (χ2v) is 11.7. The van der Waals surface area contributed by atoms with E-state index in [1.807, 2.05) is 17.5 Å². The van der Waals surface area contributed by atoms with E-state index in [0.717, 1.165) is 20.7 Å². The Bertz CT molecular complexity index is 1550. The summed E-state index contributed by atoms with van der Waals surface area (Å²) in [7, 11) is -0.926. The molecule has 4 aromatic rings. The first-order chi connectivity index (χ1) is 18.2. The molecule has 8 nitrogen and oxygen atoms in total. The summed E-state index contributed by atoms with van der Waals surface area (Å²) in [6.45, 7) is -0.531. The third-order valence-corrected chi connectivity index (χ3v) is 8.89. The minimum absolute atomic E-state index is 0.00596. The van der Waals surface area contributed by atoms with Gasteiger partial charge in [-0.05, 0) is 42.0 Å². The lowest BCUT2D eigenvalue weighted by atomic mass is 10.1. The van der Waals surface area contributed by atoms with E-state index in [-0.39, 0.29) is 21.5 Å². The van der Waals surface area contributed by atoms with Gasteiger partial charge in [-0.25, -0.2) is 13.4 Å². The molecule has 1 amide bonds. The van der Waals surface area contributed by atoms with Gasteiger partial charge in [-0.2, -0.15) is 4.31 Å². The highest BCUT2D eigenvalue weighted by Gasteiger charge is 2.29. The van der Waals surface area contributed by atoms with Crippen LogP contribution in [-0.4, -0.2) is 44.3 Å².